The van der Waals surface area contributed by atoms with Crippen molar-refractivity contribution in [3.8, 4) is 0 Å². The Morgan fingerprint density at radius 2 is 2.16 bits per heavy atom. The van der Waals surface area contributed by atoms with E-state index in [-0.39, 0.29) is 23.0 Å². The number of benzene rings is 1. The van der Waals surface area contributed by atoms with Crippen LogP contribution in [0.2, 0.25) is 5.02 Å². The van der Waals surface area contributed by atoms with Crippen LogP contribution < -0.4 is 16.3 Å². The molecule has 2 aliphatic rings. The van der Waals surface area contributed by atoms with Crippen LogP contribution in [0.4, 0.5) is 14.9 Å². The molecule has 1 aliphatic heterocycles. The Bertz CT molecular complexity index is 1090. The molecule has 4 rings (SSSR count). The van der Waals surface area contributed by atoms with Gasteiger partial charge in [0.1, 0.15) is 11.5 Å². The third-order valence-electron chi connectivity index (χ3n) is 5.24. The second-order valence-corrected chi connectivity index (χ2v) is 7.73. The number of anilines is 1. The van der Waals surface area contributed by atoms with Crippen LogP contribution in [0.3, 0.4) is 0 Å². The summed E-state index contributed by atoms with van der Waals surface area (Å²) in [5.74, 6) is -0.894. The van der Waals surface area contributed by atoms with E-state index >= 15 is 0 Å². The molecule has 1 aliphatic carbocycles. The number of hydrogen-bond donors (Lipinski definition) is 3. The van der Waals surface area contributed by atoms with Crippen LogP contribution in [0.25, 0.3) is 0 Å². The van der Waals surface area contributed by atoms with Gasteiger partial charge < -0.3 is 19.5 Å². The molecule has 1 aromatic heterocycles. The van der Waals surface area contributed by atoms with Gasteiger partial charge in [0.2, 0.25) is 0 Å². The Labute approximate surface area is 182 Å². The number of carbonyl (C=O) groups excluding carboxylic acids is 2. The number of fused-ring (bicyclic) bond motifs is 1. The lowest BCUT2D eigenvalue weighted by Crippen LogP contribution is -2.41. The van der Waals surface area contributed by atoms with Gasteiger partial charge in [0.05, 0.1) is 11.1 Å². The molecule has 164 valence electrons. The van der Waals surface area contributed by atoms with Crippen LogP contribution in [0.15, 0.2) is 29.5 Å². The summed E-state index contributed by atoms with van der Waals surface area (Å²) in [7, 11) is 5.08. The standard InChI is InChI=1S/C19H21ClFN7O3/c1-26-9-12-11(16(26)17(29)22-10-4-6-14(21)13(20)8-10)5-7-15(12)27(2)19(30)31-18-23-25-28(3)24-18/h4,6,8-9,15,25H,5,7H2,1-3H3,(H,22,29)(H,23,24). The number of hydrazine groups is 2. The zero-order valence-electron chi connectivity index (χ0n) is 17.1. The zero-order valence-corrected chi connectivity index (χ0v) is 17.8. The summed E-state index contributed by atoms with van der Waals surface area (Å²) in [6, 6.07) is 3.80. The third-order valence-corrected chi connectivity index (χ3v) is 5.53. The van der Waals surface area contributed by atoms with Crippen molar-refractivity contribution < 1.29 is 18.7 Å². The van der Waals surface area contributed by atoms with Crippen LogP contribution in [-0.2, 0) is 18.2 Å². The molecule has 1 atom stereocenters. The smallest absolute Gasteiger partial charge is 0.373 e. The van der Waals surface area contributed by atoms with Crippen LogP contribution >= 0.6 is 11.6 Å². The summed E-state index contributed by atoms with van der Waals surface area (Å²) < 4.78 is 20.3. The fraction of sp³-hybridized carbons (Fsp3) is 0.316. The van der Waals surface area contributed by atoms with Gasteiger partial charge in [0.25, 0.3) is 5.91 Å². The predicted molar refractivity (Wildman–Crippen MR) is 112 cm³/mol. The summed E-state index contributed by atoms with van der Waals surface area (Å²) in [4.78, 5) is 26.9. The van der Waals surface area contributed by atoms with Crippen molar-refractivity contribution in [2.45, 2.75) is 18.9 Å². The Hall–Kier alpha value is -3.31. The van der Waals surface area contributed by atoms with E-state index in [1.165, 1.54) is 28.2 Å². The molecule has 12 heteroatoms. The maximum Gasteiger partial charge on any atom is 0.417 e. The molecule has 0 fully saturated rings. The Balaban J connectivity index is 1.50. The van der Waals surface area contributed by atoms with E-state index in [0.29, 0.717) is 24.2 Å². The highest BCUT2D eigenvalue weighted by Crippen LogP contribution is 2.38. The minimum Gasteiger partial charge on any atom is -0.373 e. The van der Waals surface area contributed by atoms with Gasteiger partial charge in [-0.15, -0.1) is 10.2 Å². The number of hydrazone groups is 1. The normalized spacial score (nSPS) is 17.5. The number of aryl methyl sites for hydroxylation is 1. The maximum absolute atomic E-state index is 13.4. The van der Waals surface area contributed by atoms with Gasteiger partial charge in [-0.1, -0.05) is 11.6 Å². The fourth-order valence-electron chi connectivity index (χ4n) is 3.79. The number of carbonyl (C=O) groups is 2. The van der Waals surface area contributed by atoms with E-state index in [4.69, 9.17) is 16.3 Å². The number of nitrogens with one attached hydrogen (secondary N) is 3. The van der Waals surface area contributed by atoms with Crippen molar-refractivity contribution in [1.82, 2.24) is 25.5 Å². The third kappa shape index (κ3) is 4.01. The van der Waals surface area contributed by atoms with Gasteiger partial charge in [-0.2, -0.15) is 0 Å². The van der Waals surface area contributed by atoms with Gasteiger partial charge in [0, 0.05) is 33.0 Å². The molecular weight excluding hydrogens is 429 g/mol. The predicted octanol–water partition coefficient (Wildman–Crippen LogP) is 2.35. The quantitative estimate of drug-likeness (QED) is 0.664. The average molecular weight is 450 g/mol. The largest absolute Gasteiger partial charge is 0.417 e. The van der Waals surface area contributed by atoms with E-state index in [9.17, 15) is 14.0 Å². The molecule has 31 heavy (non-hydrogen) atoms. The van der Waals surface area contributed by atoms with Crippen molar-refractivity contribution in [1.29, 1.82) is 0 Å². The molecule has 1 aromatic carbocycles. The van der Waals surface area contributed by atoms with Crippen molar-refractivity contribution in [3.63, 3.8) is 0 Å². The van der Waals surface area contributed by atoms with Gasteiger partial charge in [0.15, 0.2) is 0 Å². The Kier molecular flexibility index (Phi) is 5.46. The lowest BCUT2D eigenvalue weighted by atomic mass is 10.1. The van der Waals surface area contributed by atoms with E-state index in [2.05, 4.69) is 21.4 Å². The monoisotopic (exact) mass is 449 g/mol. The topological polar surface area (TPSA) is 103 Å². The van der Waals surface area contributed by atoms with E-state index in [1.807, 2.05) is 6.20 Å². The van der Waals surface area contributed by atoms with Gasteiger partial charge in [-0.25, -0.2) is 14.7 Å². The Morgan fingerprint density at radius 1 is 1.39 bits per heavy atom. The summed E-state index contributed by atoms with van der Waals surface area (Å²) in [5, 5.41) is 7.94. The van der Waals surface area contributed by atoms with Gasteiger partial charge in [-0.3, -0.25) is 10.2 Å². The molecular formula is C19H21ClFN7O3. The molecule has 10 nitrogen and oxygen atoms in total. The summed E-state index contributed by atoms with van der Waals surface area (Å²) in [6.45, 7) is 0. The van der Waals surface area contributed by atoms with Crippen LogP contribution in [0, 0.1) is 5.82 Å². The highest BCUT2D eigenvalue weighted by atomic mass is 35.5. The molecule has 0 saturated heterocycles. The fourth-order valence-corrected chi connectivity index (χ4v) is 3.97. The number of halogens is 2. The molecule has 2 amide bonds. The number of amidine groups is 1. The first-order valence-corrected chi connectivity index (χ1v) is 9.85. The first kappa shape index (κ1) is 20.9. The molecule has 0 saturated carbocycles. The van der Waals surface area contributed by atoms with Crippen molar-refractivity contribution in [2.75, 3.05) is 19.4 Å². The highest BCUT2D eigenvalue weighted by Gasteiger charge is 2.35. The van der Waals surface area contributed by atoms with E-state index in [0.717, 1.165) is 11.1 Å². The lowest BCUT2D eigenvalue weighted by molar-refractivity contribution is 0.101. The number of hydrogen-bond acceptors (Lipinski definition) is 7. The van der Waals surface area contributed by atoms with Crippen LogP contribution in [-0.4, -0.2) is 46.7 Å². The molecule has 2 heterocycles. The lowest BCUT2D eigenvalue weighted by Gasteiger charge is -2.23. The van der Waals surface area contributed by atoms with Crippen LogP contribution in [0.5, 0.6) is 0 Å². The SMILES string of the molecule is CN1NN=C(OC(=O)N(C)C2CCc3c2cn(C)c3C(=O)Nc2ccc(F)c(Cl)c2)N1. The molecule has 3 N–H and O–H groups in total. The summed E-state index contributed by atoms with van der Waals surface area (Å²) in [6.07, 6.45) is 2.54. The Morgan fingerprint density at radius 3 is 2.84 bits per heavy atom. The van der Waals surface area contributed by atoms with E-state index < -0.39 is 11.9 Å². The number of aromatic nitrogens is 1. The first-order valence-electron chi connectivity index (χ1n) is 9.47. The van der Waals surface area contributed by atoms with E-state index in [1.54, 1.807) is 25.7 Å². The minimum absolute atomic E-state index is 0.0451. The van der Waals surface area contributed by atoms with Crippen LogP contribution in [0.1, 0.15) is 34.1 Å². The molecule has 2 aromatic rings. The second-order valence-electron chi connectivity index (χ2n) is 7.33. The average Bonchev–Trinajstić information content (AvgIpc) is 3.38. The highest BCUT2D eigenvalue weighted by molar-refractivity contribution is 6.31. The summed E-state index contributed by atoms with van der Waals surface area (Å²) in [5.41, 5.74) is 7.91. The van der Waals surface area contributed by atoms with Gasteiger partial charge in [-0.05, 0) is 42.2 Å². The number of rotatable bonds is 3. The van der Waals surface area contributed by atoms with Gasteiger partial charge >= 0.3 is 12.1 Å². The summed E-state index contributed by atoms with van der Waals surface area (Å²) >= 11 is 5.80. The number of ether oxygens (including phenoxy) is 1. The maximum atomic E-state index is 13.4. The van der Waals surface area contributed by atoms with Crippen molar-refractivity contribution in [2.24, 2.45) is 12.1 Å². The zero-order chi connectivity index (χ0) is 22.3. The van der Waals surface area contributed by atoms with Crippen molar-refractivity contribution in [3.05, 3.63) is 52.1 Å². The molecule has 0 bridgehead atoms. The molecule has 1 unspecified atom stereocenters. The molecule has 0 radical (unpaired) electrons. The second kappa shape index (κ2) is 8.08. The first-order chi connectivity index (χ1) is 14.7. The minimum atomic E-state index is -0.572. The molecule has 0 spiro atoms. The number of nitrogens with zero attached hydrogens (tertiary/aromatic N) is 4. The number of amides is 2. The van der Waals surface area contributed by atoms with Crippen molar-refractivity contribution >= 4 is 35.3 Å².